The van der Waals surface area contributed by atoms with Crippen LogP contribution >= 0.6 is 0 Å². The van der Waals surface area contributed by atoms with Gasteiger partial charge in [0, 0.05) is 19.0 Å². The van der Waals surface area contributed by atoms with Crippen LogP contribution in [0, 0.1) is 13.8 Å². The van der Waals surface area contributed by atoms with Crippen molar-refractivity contribution in [3.63, 3.8) is 0 Å². The van der Waals surface area contributed by atoms with E-state index in [4.69, 9.17) is 8.94 Å². The number of aryl methyl sites for hydroxylation is 2. The molecule has 25 heavy (non-hydrogen) atoms. The third-order valence-corrected chi connectivity index (χ3v) is 6.72. The van der Waals surface area contributed by atoms with Crippen molar-refractivity contribution in [1.29, 1.82) is 0 Å². The number of nitrogens with zero attached hydrogens (tertiary/aromatic N) is 3. The zero-order chi connectivity index (χ0) is 17.6. The molecule has 1 atom stereocenters. The van der Waals surface area contributed by atoms with Gasteiger partial charge in [-0.05, 0) is 38.8 Å². The van der Waals surface area contributed by atoms with Crippen molar-refractivity contribution in [2.24, 2.45) is 0 Å². The van der Waals surface area contributed by atoms with E-state index in [1.54, 1.807) is 13.8 Å². The third-order valence-electron chi connectivity index (χ3n) is 4.61. The highest BCUT2D eigenvalue weighted by atomic mass is 32.2. The van der Waals surface area contributed by atoms with Crippen LogP contribution in [0.3, 0.4) is 0 Å². The molecule has 0 bridgehead atoms. The summed E-state index contributed by atoms with van der Waals surface area (Å²) in [5, 5.41) is 3.77. The summed E-state index contributed by atoms with van der Waals surface area (Å²) in [5.74, 6) is 0.859. The van der Waals surface area contributed by atoms with Gasteiger partial charge in [-0.2, -0.15) is 4.31 Å². The zero-order valence-electron chi connectivity index (χ0n) is 14.1. The molecule has 0 unspecified atom stereocenters. The summed E-state index contributed by atoms with van der Waals surface area (Å²) in [5.41, 5.74) is 1.91. The first-order chi connectivity index (χ1) is 12.0. The van der Waals surface area contributed by atoms with Gasteiger partial charge in [-0.3, -0.25) is 0 Å². The van der Waals surface area contributed by atoms with E-state index in [2.05, 4.69) is 10.1 Å². The number of benzene rings is 1. The number of para-hydroxylation sites is 2. The van der Waals surface area contributed by atoms with Crippen molar-refractivity contribution < 1.29 is 17.4 Å². The minimum absolute atomic E-state index is 0.0589. The smallest absolute Gasteiger partial charge is 0.248 e. The number of fused-ring (bicyclic) bond motifs is 1. The van der Waals surface area contributed by atoms with Crippen molar-refractivity contribution in [1.82, 2.24) is 14.4 Å². The molecule has 1 aliphatic heterocycles. The van der Waals surface area contributed by atoms with Gasteiger partial charge in [0.1, 0.15) is 16.1 Å². The van der Waals surface area contributed by atoms with Gasteiger partial charge in [0.2, 0.25) is 10.0 Å². The largest absolute Gasteiger partial charge is 0.440 e. The fraction of sp³-hybridized carbons (Fsp3) is 0.412. The molecule has 0 N–H and O–H groups in total. The second-order valence-electron chi connectivity index (χ2n) is 6.38. The highest BCUT2D eigenvalue weighted by Gasteiger charge is 2.36. The average molecular weight is 361 g/mol. The molecule has 1 fully saturated rings. The quantitative estimate of drug-likeness (QED) is 0.712. The molecular formula is C17H19N3O4S. The Morgan fingerprint density at radius 2 is 2.04 bits per heavy atom. The molecule has 1 aromatic carbocycles. The van der Waals surface area contributed by atoms with Crippen molar-refractivity contribution >= 4 is 21.1 Å². The van der Waals surface area contributed by atoms with E-state index in [-0.39, 0.29) is 10.8 Å². The molecule has 0 radical (unpaired) electrons. The first-order valence-corrected chi connectivity index (χ1v) is 9.69. The van der Waals surface area contributed by atoms with E-state index in [9.17, 15) is 8.42 Å². The van der Waals surface area contributed by atoms with Crippen molar-refractivity contribution in [3.05, 3.63) is 41.6 Å². The van der Waals surface area contributed by atoms with Crippen LogP contribution in [-0.4, -0.2) is 36.0 Å². The van der Waals surface area contributed by atoms with Crippen LogP contribution in [0.5, 0.6) is 0 Å². The van der Waals surface area contributed by atoms with Crippen molar-refractivity contribution in [2.75, 3.05) is 13.1 Å². The van der Waals surface area contributed by atoms with E-state index in [1.165, 1.54) is 4.31 Å². The fourth-order valence-electron chi connectivity index (χ4n) is 3.40. The van der Waals surface area contributed by atoms with Gasteiger partial charge in [0.15, 0.2) is 17.2 Å². The highest BCUT2D eigenvalue weighted by Crippen LogP contribution is 2.33. The summed E-state index contributed by atoms with van der Waals surface area (Å²) < 4.78 is 38.4. The summed E-state index contributed by atoms with van der Waals surface area (Å²) in [6.45, 7) is 4.09. The minimum atomic E-state index is -3.64. The summed E-state index contributed by atoms with van der Waals surface area (Å²) >= 11 is 0. The van der Waals surface area contributed by atoms with Crippen LogP contribution in [0.1, 0.15) is 36.1 Å². The molecule has 0 aliphatic carbocycles. The average Bonchev–Trinajstić information content (AvgIpc) is 3.18. The molecule has 2 aromatic heterocycles. The Hall–Kier alpha value is -2.19. The van der Waals surface area contributed by atoms with E-state index in [0.717, 1.165) is 23.9 Å². The van der Waals surface area contributed by atoms with Gasteiger partial charge >= 0.3 is 0 Å². The maximum absolute atomic E-state index is 13.0. The van der Waals surface area contributed by atoms with Gasteiger partial charge in [-0.15, -0.1) is 0 Å². The maximum atomic E-state index is 13.0. The van der Waals surface area contributed by atoms with Gasteiger partial charge in [-0.1, -0.05) is 17.3 Å². The van der Waals surface area contributed by atoms with Gasteiger partial charge in [-0.25, -0.2) is 13.4 Å². The van der Waals surface area contributed by atoms with Crippen molar-refractivity contribution in [2.45, 2.75) is 37.5 Å². The Morgan fingerprint density at radius 3 is 2.76 bits per heavy atom. The number of aromatic nitrogens is 2. The van der Waals surface area contributed by atoms with Gasteiger partial charge in [0.25, 0.3) is 0 Å². The molecule has 0 saturated carbocycles. The lowest BCUT2D eigenvalue weighted by atomic mass is 10.00. The van der Waals surface area contributed by atoms with Crippen LogP contribution in [0.25, 0.3) is 11.1 Å². The number of hydrogen-bond donors (Lipinski definition) is 0. The monoisotopic (exact) mass is 361 g/mol. The van der Waals surface area contributed by atoms with E-state index >= 15 is 0 Å². The second-order valence-corrected chi connectivity index (χ2v) is 8.25. The summed E-state index contributed by atoms with van der Waals surface area (Å²) in [6, 6.07) is 7.56. The third kappa shape index (κ3) is 2.75. The minimum Gasteiger partial charge on any atom is -0.440 e. The zero-order valence-corrected chi connectivity index (χ0v) is 14.9. The SMILES string of the molecule is Cc1noc(C)c1S(=O)(=O)N1CCC[C@@H](c2nc3ccccc3o2)C1. The summed E-state index contributed by atoms with van der Waals surface area (Å²) in [4.78, 5) is 4.70. The van der Waals surface area contributed by atoms with E-state index in [1.807, 2.05) is 24.3 Å². The molecule has 0 spiro atoms. The number of sulfonamides is 1. The van der Waals surface area contributed by atoms with Crippen LogP contribution in [0.15, 0.2) is 38.1 Å². The van der Waals surface area contributed by atoms with Crippen LogP contribution in [-0.2, 0) is 10.0 Å². The molecule has 0 amide bonds. The standard InChI is InChI=1S/C17H19N3O4S/c1-11-16(12(2)24-19-11)25(21,22)20-9-5-6-13(10-20)17-18-14-7-3-4-8-15(14)23-17/h3-4,7-8,13H,5-6,9-10H2,1-2H3/t13-/m1/s1. The maximum Gasteiger partial charge on any atom is 0.248 e. The number of rotatable bonds is 3. The Labute approximate surface area is 145 Å². The Morgan fingerprint density at radius 1 is 1.24 bits per heavy atom. The predicted molar refractivity (Wildman–Crippen MR) is 90.7 cm³/mol. The first-order valence-electron chi connectivity index (χ1n) is 8.25. The predicted octanol–water partition coefficient (Wildman–Crippen LogP) is 3.00. The van der Waals surface area contributed by atoms with Gasteiger partial charge < -0.3 is 8.94 Å². The lowest BCUT2D eigenvalue weighted by Gasteiger charge is -2.30. The molecular weight excluding hydrogens is 342 g/mol. The summed E-state index contributed by atoms with van der Waals surface area (Å²) in [6.07, 6.45) is 1.60. The Bertz CT molecular complexity index is 969. The van der Waals surface area contributed by atoms with Gasteiger partial charge in [0.05, 0.1) is 0 Å². The fourth-order valence-corrected chi connectivity index (χ4v) is 5.21. The first kappa shape index (κ1) is 16.3. The Kier molecular flexibility index (Phi) is 3.88. The second kappa shape index (κ2) is 5.96. The topological polar surface area (TPSA) is 89.4 Å². The lowest BCUT2D eigenvalue weighted by Crippen LogP contribution is -2.39. The highest BCUT2D eigenvalue weighted by molar-refractivity contribution is 7.89. The molecule has 132 valence electrons. The van der Waals surface area contributed by atoms with Crippen LogP contribution < -0.4 is 0 Å². The number of hydrogen-bond acceptors (Lipinski definition) is 6. The van der Waals surface area contributed by atoms with Crippen molar-refractivity contribution in [3.8, 4) is 0 Å². The lowest BCUT2D eigenvalue weighted by molar-refractivity contribution is 0.288. The van der Waals surface area contributed by atoms with E-state index < -0.39 is 10.0 Å². The summed E-state index contributed by atoms with van der Waals surface area (Å²) in [7, 11) is -3.64. The van der Waals surface area contributed by atoms with Crippen LogP contribution in [0.2, 0.25) is 0 Å². The molecule has 1 aliphatic rings. The molecule has 3 heterocycles. The number of piperidine rings is 1. The molecule has 3 aromatic rings. The number of oxazole rings is 1. The molecule has 8 heteroatoms. The molecule has 7 nitrogen and oxygen atoms in total. The molecule has 4 rings (SSSR count). The van der Waals surface area contributed by atoms with E-state index in [0.29, 0.717) is 30.4 Å². The van der Waals surface area contributed by atoms with Crippen LogP contribution in [0.4, 0.5) is 0 Å². The normalized spacial score (nSPS) is 19.5. The Balaban J connectivity index is 1.65. The molecule has 1 saturated heterocycles.